The first-order chi connectivity index (χ1) is 5.83. The van der Waals surface area contributed by atoms with Gasteiger partial charge < -0.3 is 0 Å². The summed E-state index contributed by atoms with van der Waals surface area (Å²) < 4.78 is 0. The largest absolute Gasteiger partial charge is 0.229 e. The van der Waals surface area contributed by atoms with Gasteiger partial charge in [0, 0.05) is 6.54 Å². The van der Waals surface area contributed by atoms with Crippen LogP contribution in [0.1, 0.15) is 11.1 Å². The zero-order valence-corrected chi connectivity index (χ0v) is 6.95. The minimum Gasteiger partial charge on any atom is -0.229 e. The van der Waals surface area contributed by atoms with Crippen LogP contribution in [0.15, 0.2) is 23.5 Å². The predicted molar refractivity (Wildman–Crippen MR) is 48.0 cm³/mol. The molecule has 0 unspecified atom stereocenters. The maximum atomic E-state index is 10.4. The number of hydrogen-bond donors (Lipinski definition) is 0. The highest BCUT2D eigenvalue weighted by Crippen LogP contribution is 2.29. The van der Waals surface area contributed by atoms with Crippen molar-refractivity contribution in [1.82, 2.24) is 0 Å². The van der Waals surface area contributed by atoms with Crippen LogP contribution in [0.3, 0.4) is 0 Å². The summed E-state index contributed by atoms with van der Waals surface area (Å²) in [4.78, 5) is 10.4. The summed E-state index contributed by atoms with van der Waals surface area (Å²) in [6, 6.07) is 5.96. The molecule has 1 heterocycles. The molecule has 1 aromatic rings. The molecule has 3 nitrogen and oxygen atoms in total. The Balaban J connectivity index is 2.52. The van der Waals surface area contributed by atoms with Gasteiger partial charge in [0.25, 0.3) is 0 Å². The van der Waals surface area contributed by atoms with Gasteiger partial charge in [-0.1, -0.05) is 12.1 Å². The van der Waals surface area contributed by atoms with Crippen LogP contribution >= 0.6 is 0 Å². The molecule has 0 atom stereocenters. The van der Waals surface area contributed by atoms with Crippen LogP contribution < -0.4 is 5.01 Å². The molecule has 0 fully saturated rings. The lowest BCUT2D eigenvalue weighted by Gasteiger charge is -2.07. The lowest BCUT2D eigenvalue weighted by atomic mass is 10.1. The fourth-order valence-electron chi connectivity index (χ4n) is 1.68. The molecular formula is C9H10N2O. The Morgan fingerprint density at radius 2 is 2.33 bits per heavy atom. The van der Waals surface area contributed by atoms with Gasteiger partial charge in [-0.15, -0.1) is 4.91 Å². The molecule has 0 amide bonds. The van der Waals surface area contributed by atoms with Crippen molar-refractivity contribution < 1.29 is 0 Å². The lowest BCUT2D eigenvalue weighted by molar-refractivity contribution is 0.884. The standard InChI is InChI=1S/C9H10N2O/c1-7-3-2-4-9-8(7)5-6-11(9)10-12/h2-4H,5-6H2,1H3. The number of anilines is 1. The second-order valence-corrected chi connectivity index (χ2v) is 3.03. The van der Waals surface area contributed by atoms with Gasteiger partial charge in [-0.05, 0) is 30.5 Å². The van der Waals surface area contributed by atoms with Crippen molar-refractivity contribution in [1.29, 1.82) is 0 Å². The first-order valence-electron chi connectivity index (χ1n) is 4.02. The van der Waals surface area contributed by atoms with Crippen LogP contribution in [0.5, 0.6) is 0 Å². The highest BCUT2D eigenvalue weighted by molar-refractivity contribution is 5.59. The Kier molecular flexibility index (Phi) is 1.57. The summed E-state index contributed by atoms with van der Waals surface area (Å²) in [5.41, 5.74) is 3.49. The van der Waals surface area contributed by atoms with Gasteiger partial charge in [0.1, 0.15) is 0 Å². The molecule has 0 N–H and O–H groups in total. The average molecular weight is 162 g/mol. The van der Waals surface area contributed by atoms with E-state index in [1.54, 1.807) is 0 Å². The van der Waals surface area contributed by atoms with Gasteiger partial charge in [0.2, 0.25) is 0 Å². The van der Waals surface area contributed by atoms with Gasteiger partial charge >= 0.3 is 0 Å². The Morgan fingerprint density at radius 1 is 1.50 bits per heavy atom. The third-order valence-corrected chi connectivity index (χ3v) is 2.34. The van der Waals surface area contributed by atoms with Crippen LogP contribution in [0.4, 0.5) is 5.69 Å². The number of hydrogen-bond acceptors (Lipinski definition) is 2. The molecule has 0 aromatic heterocycles. The number of benzene rings is 1. The van der Waals surface area contributed by atoms with E-state index in [1.165, 1.54) is 16.1 Å². The number of nitroso groups, excluding NO2 is 1. The zero-order chi connectivity index (χ0) is 8.55. The quantitative estimate of drug-likeness (QED) is 0.592. The molecule has 1 aliphatic rings. The first kappa shape index (κ1) is 7.28. The summed E-state index contributed by atoms with van der Waals surface area (Å²) in [6.07, 6.45) is 0.938. The molecule has 12 heavy (non-hydrogen) atoms. The van der Waals surface area contributed by atoms with Crippen molar-refractivity contribution in [3.8, 4) is 0 Å². The number of fused-ring (bicyclic) bond motifs is 1. The summed E-state index contributed by atoms with van der Waals surface area (Å²) >= 11 is 0. The van der Waals surface area contributed by atoms with E-state index in [4.69, 9.17) is 0 Å². The second-order valence-electron chi connectivity index (χ2n) is 3.03. The van der Waals surface area contributed by atoms with Gasteiger partial charge in [-0.2, -0.15) is 0 Å². The number of nitrogens with zero attached hydrogens (tertiary/aromatic N) is 2. The molecule has 0 spiro atoms. The molecule has 0 radical (unpaired) electrons. The Labute approximate surface area is 70.9 Å². The molecule has 0 bridgehead atoms. The maximum Gasteiger partial charge on any atom is 0.0661 e. The minimum atomic E-state index is 0.726. The Hall–Kier alpha value is -1.38. The predicted octanol–water partition coefficient (Wildman–Crippen LogP) is 2.04. The van der Waals surface area contributed by atoms with E-state index < -0.39 is 0 Å². The van der Waals surface area contributed by atoms with Gasteiger partial charge in [0.15, 0.2) is 0 Å². The summed E-state index contributed by atoms with van der Waals surface area (Å²) in [6.45, 7) is 2.79. The van der Waals surface area contributed by atoms with E-state index in [2.05, 4.69) is 18.3 Å². The van der Waals surface area contributed by atoms with Gasteiger partial charge in [-0.3, -0.25) is 0 Å². The highest BCUT2D eigenvalue weighted by atomic mass is 16.3. The number of rotatable bonds is 1. The van der Waals surface area contributed by atoms with Crippen molar-refractivity contribution in [3.05, 3.63) is 34.2 Å². The van der Waals surface area contributed by atoms with Crippen LogP contribution in [-0.4, -0.2) is 6.54 Å². The summed E-state index contributed by atoms with van der Waals surface area (Å²) in [7, 11) is 0. The average Bonchev–Trinajstić information content (AvgIpc) is 2.49. The van der Waals surface area contributed by atoms with Crippen LogP contribution in [-0.2, 0) is 6.42 Å². The summed E-state index contributed by atoms with van der Waals surface area (Å²) in [5.74, 6) is 0. The zero-order valence-electron chi connectivity index (χ0n) is 6.95. The van der Waals surface area contributed by atoms with Gasteiger partial charge in [-0.25, -0.2) is 5.01 Å². The lowest BCUT2D eigenvalue weighted by Crippen LogP contribution is -2.10. The molecule has 3 heteroatoms. The van der Waals surface area contributed by atoms with Crippen molar-refractivity contribution in [2.45, 2.75) is 13.3 Å². The first-order valence-corrected chi connectivity index (χ1v) is 4.02. The fourth-order valence-corrected chi connectivity index (χ4v) is 1.68. The Morgan fingerprint density at radius 3 is 3.08 bits per heavy atom. The molecule has 0 saturated heterocycles. The van der Waals surface area contributed by atoms with Crippen LogP contribution in [0.25, 0.3) is 0 Å². The van der Waals surface area contributed by atoms with Crippen molar-refractivity contribution in [2.24, 2.45) is 5.29 Å². The van der Waals surface area contributed by atoms with E-state index in [1.807, 2.05) is 12.1 Å². The van der Waals surface area contributed by atoms with E-state index >= 15 is 0 Å². The SMILES string of the molecule is Cc1cccc2c1CCN2N=O. The van der Waals surface area contributed by atoms with Crippen LogP contribution in [0, 0.1) is 11.8 Å². The second kappa shape index (κ2) is 2.59. The van der Waals surface area contributed by atoms with E-state index in [0.29, 0.717) is 0 Å². The minimum absolute atomic E-state index is 0.726. The van der Waals surface area contributed by atoms with Crippen molar-refractivity contribution in [3.63, 3.8) is 0 Å². The Bertz CT molecular complexity index is 322. The molecule has 1 aromatic carbocycles. The van der Waals surface area contributed by atoms with E-state index in [-0.39, 0.29) is 0 Å². The van der Waals surface area contributed by atoms with E-state index in [0.717, 1.165) is 18.7 Å². The molecule has 62 valence electrons. The summed E-state index contributed by atoms with van der Waals surface area (Å²) in [5, 5.41) is 4.47. The fraction of sp³-hybridized carbons (Fsp3) is 0.333. The highest BCUT2D eigenvalue weighted by Gasteiger charge is 2.20. The topological polar surface area (TPSA) is 32.7 Å². The molecule has 0 aliphatic carbocycles. The van der Waals surface area contributed by atoms with Gasteiger partial charge in [0.05, 0.1) is 11.0 Å². The maximum absolute atomic E-state index is 10.4. The normalized spacial score (nSPS) is 14.6. The third kappa shape index (κ3) is 0.897. The van der Waals surface area contributed by atoms with E-state index in [9.17, 15) is 4.91 Å². The molecular weight excluding hydrogens is 152 g/mol. The molecule has 1 aliphatic heterocycles. The van der Waals surface area contributed by atoms with Crippen molar-refractivity contribution in [2.75, 3.05) is 11.6 Å². The smallest absolute Gasteiger partial charge is 0.0661 e. The van der Waals surface area contributed by atoms with Crippen molar-refractivity contribution >= 4 is 5.69 Å². The van der Waals surface area contributed by atoms with Crippen LogP contribution in [0.2, 0.25) is 0 Å². The molecule has 2 rings (SSSR count). The third-order valence-electron chi connectivity index (χ3n) is 2.34. The number of aryl methyl sites for hydroxylation is 1. The monoisotopic (exact) mass is 162 g/mol. The molecule has 0 saturated carbocycles.